The number of carbonyl (C=O) groups is 1. The summed E-state index contributed by atoms with van der Waals surface area (Å²) < 4.78 is 0. The quantitative estimate of drug-likeness (QED) is 0.570. The van der Waals surface area contributed by atoms with Crippen LogP contribution in [0.4, 0.5) is 0 Å². The van der Waals surface area contributed by atoms with Gasteiger partial charge in [-0.1, -0.05) is 12.5 Å². The van der Waals surface area contributed by atoms with Crippen molar-refractivity contribution in [2.24, 2.45) is 0 Å². The van der Waals surface area contributed by atoms with Gasteiger partial charge in [0.1, 0.15) is 0 Å². The van der Waals surface area contributed by atoms with Gasteiger partial charge in [-0.25, -0.2) is 0 Å². The molecule has 0 bridgehead atoms. The summed E-state index contributed by atoms with van der Waals surface area (Å²) in [6.45, 7) is 4.98. The highest BCUT2D eigenvalue weighted by Gasteiger charge is 2.15. The highest BCUT2D eigenvalue weighted by Crippen LogP contribution is 2.16. The molecule has 0 unspecified atom stereocenters. The Labute approximate surface area is 67.7 Å². The predicted octanol–water partition coefficient (Wildman–Crippen LogP) is 1.62. The smallest absolute Gasteiger partial charge is 0.247 e. The van der Waals surface area contributed by atoms with Crippen LogP contribution < -0.4 is 5.32 Å². The zero-order valence-electron chi connectivity index (χ0n) is 7.24. The summed E-state index contributed by atoms with van der Waals surface area (Å²) in [5.74, 6) is 0.149. The van der Waals surface area contributed by atoms with Gasteiger partial charge in [0.05, 0.1) is 0 Å². The van der Waals surface area contributed by atoms with Gasteiger partial charge in [-0.2, -0.15) is 0 Å². The summed E-state index contributed by atoms with van der Waals surface area (Å²) in [4.78, 5) is 11.2. The number of piperidine rings is 1. The molecule has 1 aliphatic rings. The molecule has 0 aromatic carbocycles. The van der Waals surface area contributed by atoms with Crippen LogP contribution in [0.5, 0.6) is 0 Å². The van der Waals surface area contributed by atoms with Gasteiger partial charge in [-0.15, -0.1) is 0 Å². The average molecular weight is 153 g/mol. The Balaban J connectivity index is 2.75. The van der Waals surface area contributed by atoms with Crippen LogP contribution in [0.15, 0.2) is 11.1 Å². The van der Waals surface area contributed by atoms with Crippen molar-refractivity contribution in [1.29, 1.82) is 0 Å². The van der Waals surface area contributed by atoms with Gasteiger partial charge < -0.3 is 5.32 Å². The van der Waals surface area contributed by atoms with E-state index in [-0.39, 0.29) is 5.91 Å². The molecule has 0 aromatic rings. The molecule has 1 amide bonds. The molecule has 0 radical (unpaired) electrons. The topological polar surface area (TPSA) is 29.1 Å². The van der Waals surface area contributed by atoms with E-state index in [1.165, 1.54) is 5.57 Å². The monoisotopic (exact) mass is 153 g/mol. The van der Waals surface area contributed by atoms with Gasteiger partial charge in [0, 0.05) is 12.1 Å². The summed E-state index contributed by atoms with van der Waals surface area (Å²) in [5.41, 5.74) is 2.25. The maximum atomic E-state index is 11.2. The first kappa shape index (κ1) is 8.31. The Hall–Kier alpha value is -0.790. The molecular weight excluding hydrogens is 138 g/mol. The van der Waals surface area contributed by atoms with Gasteiger partial charge in [-0.3, -0.25) is 4.79 Å². The van der Waals surface area contributed by atoms with Crippen LogP contribution in [0, 0.1) is 0 Å². The van der Waals surface area contributed by atoms with Gasteiger partial charge in [-0.05, 0) is 26.2 Å². The molecule has 2 heteroatoms. The van der Waals surface area contributed by atoms with Gasteiger partial charge in [0.25, 0.3) is 0 Å². The van der Waals surface area contributed by atoms with E-state index in [4.69, 9.17) is 0 Å². The van der Waals surface area contributed by atoms with Crippen molar-refractivity contribution < 1.29 is 4.79 Å². The van der Waals surface area contributed by atoms with E-state index < -0.39 is 0 Å². The van der Waals surface area contributed by atoms with Gasteiger partial charge in [0.15, 0.2) is 0 Å². The van der Waals surface area contributed by atoms with Gasteiger partial charge in [0.2, 0.25) is 5.91 Å². The van der Waals surface area contributed by atoms with E-state index in [0.29, 0.717) is 0 Å². The Morgan fingerprint density at radius 3 is 2.91 bits per heavy atom. The summed E-state index contributed by atoms with van der Waals surface area (Å²) in [5, 5.41) is 2.85. The summed E-state index contributed by atoms with van der Waals surface area (Å²) in [7, 11) is 0. The summed E-state index contributed by atoms with van der Waals surface area (Å²) >= 11 is 0. The second-order valence-electron chi connectivity index (χ2n) is 2.97. The van der Waals surface area contributed by atoms with Crippen molar-refractivity contribution in [3.05, 3.63) is 11.1 Å². The highest BCUT2D eigenvalue weighted by molar-refractivity contribution is 5.94. The molecule has 0 aliphatic carbocycles. The largest absolute Gasteiger partial charge is 0.352 e. The van der Waals surface area contributed by atoms with E-state index in [0.717, 1.165) is 31.4 Å². The molecule has 1 N–H and O–H groups in total. The molecule has 1 aliphatic heterocycles. The Morgan fingerprint density at radius 2 is 2.36 bits per heavy atom. The molecule has 11 heavy (non-hydrogen) atoms. The Morgan fingerprint density at radius 1 is 1.64 bits per heavy atom. The zero-order chi connectivity index (χ0) is 8.27. The second kappa shape index (κ2) is 3.56. The lowest BCUT2D eigenvalue weighted by atomic mass is 9.99. The lowest BCUT2D eigenvalue weighted by Crippen LogP contribution is -2.31. The third-order valence-electron chi connectivity index (χ3n) is 2.21. The molecule has 2 nitrogen and oxygen atoms in total. The lowest BCUT2D eigenvalue weighted by Gasteiger charge is -2.16. The van der Waals surface area contributed by atoms with Crippen LogP contribution in [-0.4, -0.2) is 12.5 Å². The number of carbonyl (C=O) groups excluding carboxylic acids is 1. The molecule has 1 saturated heterocycles. The minimum Gasteiger partial charge on any atom is -0.352 e. The zero-order valence-corrected chi connectivity index (χ0v) is 7.24. The highest BCUT2D eigenvalue weighted by atomic mass is 16.1. The molecular formula is C9H15NO. The number of hydrogen-bond acceptors (Lipinski definition) is 1. The molecule has 0 atom stereocenters. The maximum Gasteiger partial charge on any atom is 0.247 e. The molecule has 1 rings (SSSR count). The first-order valence-corrected chi connectivity index (χ1v) is 4.22. The van der Waals surface area contributed by atoms with Crippen LogP contribution in [0.25, 0.3) is 0 Å². The van der Waals surface area contributed by atoms with Crippen LogP contribution in [0.3, 0.4) is 0 Å². The van der Waals surface area contributed by atoms with Crippen LogP contribution in [-0.2, 0) is 4.79 Å². The fraction of sp³-hybridized carbons (Fsp3) is 0.667. The summed E-state index contributed by atoms with van der Waals surface area (Å²) in [6, 6.07) is 0. The van der Waals surface area contributed by atoms with Crippen molar-refractivity contribution in [3.8, 4) is 0 Å². The first-order chi connectivity index (χ1) is 5.25. The second-order valence-corrected chi connectivity index (χ2v) is 2.97. The third-order valence-corrected chi connectivity index (χ3v) is 2.21. The molecule has 1 fully saturated rings. The Kier molecular flexibility index (Phi) is 2.69. The molecule has 62 valence electrons. The van der Waals surface area contributed by atoms with Crippen molar-refractivity contribution in [3.63, 3.8) is 0 Å². The van der Waals surface area contributed by atoms with Crippen molar-refractivity contribution >= 4 is 5.91 Å². The molecule has 0 spiro atoms. The van der Waals surface area contributed by atoms with Crippen LogP contribution >= 0.6 is 0 Å². The fourth-order valence-corrected chi connectivity index (χ4v) is 1.31. The third kappa shape index (κ3) is 1.82. The van der Waals surface area contributed by atoms with Crippen molar-refractivity contribution in [2.45, 2.75) is 33.1 Å². The van der Waals surface area contributed by atoms with Crippen LogP contribution in [0.2, 0.25) is 0 Å². The number of rotatable bonds is 1. The van der Waals surface area contributed by atoms with Crippen LogP contribution in [0.1, 0.15) is 33.1 Å². The molecule has 0 saturated carbocycles. The number of hydrogen-bond donors (Lipinski definition) is 1. The first-order valence-electron chi connectivity index (χ1n) is 4.22. The minimum absolute atomic E-state index is 0.149. The summed E-state index contributed by atoms with van der Waals surface area (Å²) in [6.07, 6.45) is 3.05. The minimum atomic E-state index is 0.149. The number of amides is 1. The molecule has 1 heterocycles. The van der Waals surface area contributed by atoms with E-state index in [1.54, 1.807) is 0 Å². The van der Waals surface area contributed by atoms with E-state index in [1.807, 2.05) is 6.92 Å². The number of nitrogens with one attached hydrogen (secondary N) is 1. The normalized spacial score (nSPS) is 22.9. The molecule has 0 aromatic heterocycles. The lowest BCUT2D eigenvalue weighted by molar-refractivity contribution is -0.118. The van der Waals surface area contributed by atoms with Crippen molar-refractivity contribution in [1.82, 2.24) is 5.32 Å². The number of allylic oxidation sites excluding steroid dienone is 1. The fourth-order valence-electron chi connectivity index (χ4n) is 1.31. The predicted molar refractivity (Wildman–Crippen MR) is 45.2 cm³/mol. The van der Waals surface area contributed by atoms with E-state index in [2.05, 4.69) is 12.2 Å². The van der Waals surface area contributed by atoms with E-state index in [9.17, 15) is 4.79 Å². The average Bonchev–Trinajstić information content (AvgIpc) is 2.04. The Bertz CT molecular complexity index is 194. The standard InChI is InChI=1S/C9H15NO/c1-3-7(2)8-5-4-6-10-9(8)11/h3-6H2,1-2H3,(H,10,11)/b8-7-. The SMILES string of the molecule is CC/C(C)=C1/CCCNC1=O. The van der Waals surface area contributed by atoms with Gasteiger partial charge >= 0.3 is 0 Å². The van der Waals surface area contributed by atoms with Crippen molar-refractivity contribution in [2.75, 3.05) is 6.54 Å². The van der Waals surface area contributed by atoms with E-state index >= 15 is 0 Å². The maximum absolute atomic E-state index is 11.2.